The molecule has 0 aliphatic carbocycles. The number of rotatable bonds is 3. The maximum Gasteiger partial charge on any atom is 0.416 e. The van der Waals surface area contributed by atoms with Crippen molar-refractivity contribution in [2.24, 2.45) is 0 Å². The number of hydrogen-bond acceptors (Lipinski definition) is 2. The molecule has 0 aliphatic rings. The molecule has 2 aromatic carbocycles. The zero-order valence-corrected chi connectivity index (χ0v) is 12.5. The second kappa shape index (κ2) is 6.76. The van der Waals surface area contributed by atoms with Gasteiger partial charge in [-0.25, -0.2) is 0 Å². The number of amides is 1. The van der Waals surface area contributed by atoms with Crippen molar-refractivity contribution in [3.63, 3.8) is 0 Å². The van der Waals surface area contributed by atoms with E-state index < -0.39 is 35.0 Å². The first-order chi connectivity index (χ1) is 11.1. The van der Waals surface area contributed by atoms with Crippen LogP contribution in [0.25, 0.3) is 0 Å². The number of nitrogens with one attached hydrogen (secondary N) is 1. The Labute approximate surface area is 137 Å². The van der Waals surface area contributed by atoms with Crippen LogP contribution in [0.3, 0.4) is 0 Å². The van der Waals surface area contributed by atoms with Crippen molar-refractivity contribution >= 4 is 17.9 Å². The van der Waals surface area contributed by atoms with Crippen molar-refractivity contribution in [2.75, 3.05) is 0 Å². The summed E-state index contributed by atoms with van der Waals surface area (Å²) in [5.74, 6) is -1.06. The molecule has 0 saturated carbocycles. The van der Waals surface area contributed by atoms with Crippen LogP contribution >= 0.6 is 11.9 Å². The maximum atomic E-state index is 12.7. The van der Waals surface area contributed by atoms with E-state index in [9.17, 15) is 31.1 Å². The minimum Gasteiger partial charge on any atom is -0.292 e. The van der Waals surface area contributed by atoms with Gasteiger partial charge in [0.1, 0.15) is 0 Å². The lowest BCUT2D eigenvalue weighted by molar-refractivity contribution is -0.143. The van der Waals surface area contributed by atoms with Gasteiger partial charge < -0.3 is 0 Å². The van der Waals surface area contributed by atoms with Crippen LogP contribution in [0, 0.1) is 0 Å². The summed E-state index contributed by atoms with van der Waals surface area (Å²) in [4.78, 5) is 12.5. The number of benzene rings is 2. The molecule has 2 nitrogen and oxygen atoms in total. The molecule has 1 N–H and O–H groups in total. The molecular formula is C15H9F6NOS. The van der Waals surface area contributed by atoms with Gasteiger partial charge in [0.25, 0.3) is 5.91 Å². The van der Waals surface area contributed by atoms with Crippen LogP contribution in [0.2, 0.25) is 0 Å². The van der Waals surface area contributed by atoms with Gasteiger partial charge in [-0.1, -0.05) is 18.2 Å². The Hall–Kier alpha value is -2.16. The van der Waals surface area contributed by atoms with Gasteiger partial charge >= 0.3 is 12.4 Å². The largest absolute Gasteiger partial charge is 0.416 e. The standard InChI is InChI=1S/C15H9F6NOS/c16-14(17,18)10-6-9(7-11(8-10)15(19,20)21)13(23)22-24-12-4-2-1-3-5-12/h1-8H,(H,22,23). The quantitative estimate of drug-likeness (QED) is 0.601. The molecule has 2 aromatic rings. The second-order valence-corrected chi connectivity index (χ2v) is 5.52. The highest BCUT2D eigenvalue weighted by atomic mass is 32.2. The summed E-state index contributed by atoms with van der Waals surface area (Å²) in [5.41, 5.74) is -3.79. The van der Waals surface area contributed by atoms with Crippen molar-refractivity contribution in [2.45, 2.75) is 17.2 Å². The fraction of sp³-hybridized carbons (Fsp3) is 0.133. The van der Waals surface area contributed by atoms with Crippen LogP contribution in [0.4, 0.5) is 26.3 Å². The molecule has 0 saturated heterocycles. The van der Waals surface area contributed by atoms with E-state index in [2.05, 4.69) is 4.72 Å². The molecule has 0 bridgehead atoms. The predicted molar refractivity (Wildman–Crippen MR) is 76.2 cm³/mol. The normalized spacial score (nSPS) is 12.1. The summed E-state index contributed by atoms with van der Waals surface area (Å²) in [5, 5.41) is 0. The molecule has 128 valence electrons. The third-order valence-corrected chi connectivity index (χ3v) is 3.65. The van der Waals surface area contributed by atoms with Crippen LogP contribution < -0.4 is 4.72 Å². The molecule has 0 unspecified atom stereocenters. The van der Waals surface area contributed by atoms with Crippen molar-refractivity contribution in [3.8, 4) is 0 Å². The lowest BCUT2D eigenvalue weighted by atomic mass is 10.0. The Morgan fingerprint density at radius 2 is 1.33 bits per heavy atom. The first-order valence-corrected chi connectivity index (χ1v) is 7.21. The summed E-state index contributed by atoms with van der Waals surface area (Å²) < 4.78 is 78.7. The molecule has 0 radical (unpaired) electrons. The minimum atomic E-state index is -5.00. The maximum absolute atomic E-state index is 12.7. The number of carbonyl (C=O) groups excluding carboxylic acids is 1. The molecule has 0 fully saturated rings. The van der Waals surface area contributed by atoms with Crippen LogP contribution in [-0.4, -0.2) is 5.91 Å². The van der Waals surface area contributed by atoms with Crippen molar-refractivity contribution in [3.05, 3.63) is 65.2 Å². The van der Waals surface area contributed by atoms with Gasteiger partial charge in [-0.15, -0.1) is 0 Å². The fourth-order valence-corrected chi connectivity index (χ4v) is 2.36. The van der Waals surface area contributed by atoms with Crippen LogP contribution in [0.15, 0.2) is 53.4 Å². The third-order valence-electron chi connectivity index (χ3n) is 2.85. The van der Waals surface area contributed by atoms with E-state index in [1.165, 1.54) is 0 Å². The number of carbonyl (C=O) groups is 1. The molecule has 9 heteroatoms. The van der Waals surface area contributed by atoms with E-state index >= 15 is 0 Å². The van der Waals surface area contributed by atoms with E-state index in [0.29, 0.717) is 17.0 Å². The highest BCUT2D eigenvalue weighted by Crippen LogP contribution is 2.36. The average Bonchev–Trinajstić information content (AvgIpc) is 2.51. The summed E-state index contributed by atoms with van der Waals surface area (Å²) in [6, 6.07) is 9.04. The van der Waals surface area contributed by atoms with E-state index in [1.54, 1.807) is 30.3 Å². The van der Waals surface area contributed by atoms with Gasteiger partial charge in [-0.05, 0) is 42.3 Å². The van der Waals surface area contributed by atoms with Crippen molar-refractivity contribution < 1.29 is 31.1 Å². The Kier molecular flexibility index (Phi) is 5.12. The van der Waals surface area contributed by atoms with Gasteiger partial charge in [0.05, 0.1) is 11.1 Å². The fourth-order valence-electron chi connectivity index (χ4n) is 1.74. The minimum absolute atomic E-state index is 0.0267. The molecular weight excluding hydrogens is 356 g/mol. The van der Waals surface area contributed by atoms with Crippen molar-refractivity contribution in [1.82, 2.24) is 4.72 Å². The highest BCUT2D eigenvalue weighted by molar-refractivity contribution is 7.98. The number of alkyl halides is 6. The number of hydrogen-bond donors (Lipinski definition) is 1. The Morgan fingerprint density at radius 1 is 0.833 bits per heavy atom. The summed E-state index contributed by atoms with van der Waals surface area (Å²) >= 11 is 0.788. The molecule has 24 heavy (non-hydrogen) atoms. The molecule has 0 aromatic heterocycles. The zero-order chi connectivity index (χ0) is 18.0. The Bertz CT molecular complexity index is 695. The summed E-state index contributed by atoms with van der Waals surface area (Å²) in [7, 11) is 0. The van der Waals surface area contributed by atoms with Crippen LogP contribution in [-0.2, 0) is 12.4 Å². The Morgan fingerprint density at radius 3 is 1.79 bits per heavy atom. The number of halogens is 6. The van der Waals surface area contributed by atoms with E-state index in [-0.39, 0.29) is 6.07 Å². The topological polar surface area (TPSA) is 29.1 Å². The Balaban J connectivity index is 2.29. The zero-order valence-electron chi connectivity index (χ0n) is 11.7. The van der Waals surface area contributed by atoms with Crippen LogP contribution in [0.1, 0.15) is 21.5 Å². The van der Waals surface area contributed by atoms with E-state index in [0.717, 1.165) is 11.9 Å². The molecule has 2 rings (SSSR count). The molecule has 0 aliphatic heterocycles. The van der Waals surface area contributed by atoms with Crippen molar-refractivity contribution in [1.29, 1.82) is 0 Å². The molecule has 0 spiro atoms. The monoisotopic (exact) mass is 365 g/mol. The van der Waals surface area contributed by atoms with Gasteiger partial charge in [0.2, 0.25) is 0 Å². The lowest BCUT2D eigenvalue weighted by Crippen LogP contribution is -2.19. The third kappa shape index (κ3) is 4.67. The molecule has 0 atom stereocenters. The average molecular weight is 365 g/mol. The van der Waals surface area contributed by atoms with Gasteiger partial charge in [0, 0.05) is 10.5 Å². The second-order valence-electron chi connectivity index (χ2n) is 4.64. The SMILES string of the molecule is O=C(NSc1ccccc1)c1cc(C(F)(F)F)cc(C(F)(F)F)c1. The molecule has 1 amide bonds. The van der Waals surface area contributed by atoms with Gasteiger partial charge in [-0.2, -0.15) is 26.3 Å². The first kappa shape index (κ1) is 18.2. The summed E-state index contributed by atoms with van der Waals surface area (Å²) in [6.45, 7) is 0. The van der Waals surface area contributed by atoms with Gasteiger partial charge in [-0.3, -0.25) is 9.52 Å². The van der Waals surface area contributed by atoms with Crippen LogP contribution in [0.5, 0.6) is 0 Å². The van der Waals surface area contributed by atoms with Gasteiger partial charge in [0.15, 0.2) is 0 Å². The first-order valence-electron chi connectivity index (χ1n) is 6.39. The highest BCUT2D eigenvalue weighted by Gasteiger charge is 2.37. The van der Waals surface area contributed by atoms with E-state index in [1.807, 2.05) is 0 Å². The molecule has 0 heterocycles. The lowest BCUT2D eigenvalue weighted by Gasteiger charge is -2.14. The predicted octanol–water partition coefficient (Wildman–Crippen LogP) is 5.16. The smallest absolute Gasteiger partial charge is 0.292 e. The summed E-state index contributed by atoms with van der Waals surface area (Å²) in [6.07, 6.45) is -9.99. The van der Waals surface area contributed by atoms with E-state index in [4.69, 9.17) is 0 Å².